The average Bonchev–Trinajstić information content (AvgIpc) is 2.62. The number of hydrogen-bond acceptors (Lipinski definition) is 4. The van der Waals surface area contributed by atoms with Gasteiger partial charge in [-0.15, -0.1) is 0 Å². The molecule has 1 aliphatic rings. The second-order valence-corrected chi connectivity index (χ2v) is 7.16. The Balaban J connectivity index is 1.58. The minimum Gasteiger partial charge on any atom is -0.354 e. The van der Waals surface area contributed by atoms with Gasteiger partial charge in [0.05, 0.1) is 17.4 Å². The SMILES string of the molecule is CC(C)CN1CCN(c2ccc(NC(=O)c3ccc(F)cc3F)cn2)CC1. The zero-order valence-electron chi connectivity index (χ0n) is 15.6. The Morgan fingerprint density at radius 2 is 1.89 bits per heavy atom. The van der Waals surface area contributed by atoms with E-state index in [4.69, 9.17) is 0 Å². The predicted molar refractivity (Wildman–Crippen MR) is 102 cm³/mol. The van der Waals surface area contributed by atoms with Gasteiger partial charge in [0, 0.05) is 38.8 Å². The standard InChI is InChI=1S/C20H24F2N4O/c1-14(2)13-25-7-9-26(10-8-25)19-6-4-16(12-23-19)24-20(27)17-5-3-15(21)11-18(17)22/h3-6,11-12,14H,7-10,13H2,1-2H3,(H,24,27). The van der Waals surface area contributed by atoms with Gasteiger partial charge in [-0.2, -0.15) is 0 Å². The number of nitrogens with one attached hydrogen (secondary N) is 1. The van der Waals surface area contributed by atoms with E-state index in [1.807, 2.05) is 6.07 Å². The second-order valence-electron chi connectivity index (χ2n) is 7.16. The summed E-state index contributed by atoms with van der Waals surface area (Å²) in [5, 5.41) is 2.59. The Bertz CT molecular complexity index is 787. The molecule has 1 aromatic heterocycles. The van der Waals surface area contributed by atoms with Crippen molar-refractivity contribution in [2.75, 3.05) is 42.9 Å². The molecule has 1 aliphatic heterocycles. The number of aromatic nitrogens is 1. The van der Waals surface area contributed by atoms with Crippen molar-refractivity contribution in [3.63, 3.8) is 0 Å². The molecule has 1 N–H and O–H groups in total. The van der Waals surface area contributed by atoms with Gasteiger partial charge in [-0.1, -0.05) is 13.8 Å². The lowest BCUT2D eigenvalue weighted by atomic mass is 10.2. The summed E-state index contributed by atoms with van der Waals surface area (Å²) in [7, 11) is 0. The van der Waals surface area contributed by atoms with Crippen LogP contribution in [0, 0.1) is 17.6 Å². The van der Waals surface area contributed by atoms with Gasteiger partial charge in [-0.25, -0.2) is 13.8 Å². The van der Waals surface area contributed by atoms with Gasteiger partial charge < -0.3 is 10.2 Å². The molecule has 5 nitrogen and oxygen atoms in total. The largest absolute Gasteiger partial charge is 0.354 e. The molecule has 2 heterocycles. The highest BCUT2D eigenvalue weighted by Crippen LogP contribution is 2.18. The van der Waals surface area contributed by atoms with E-state index in [-0.39, 0.29) is 5.56 Å². The van der Waals surface area contributed by atoms with Gasteiger partial charge in [0.25, 0.3) is 5.91 Å². The summed E-state index contributed by atoms with van der Waals surface area (Å²) >= 11 is 0. The first-order chi connectivity index (χ1) is 12.9. The lowest BCUT2D eigenvalue weighted by Crippen LogP contribution is -2.47. The fourth-order valence-corrected chi connectivity index (χ4v) is 3.20. The third-order valence-electron chi connectivity index (χ3n) is 4.50. The van der Waals surface area contributed by atoms with Crippen molar-refractivity contribution in [2.45, 2.75) is 13.8 Å². The van der Waals surface area contributed by atoms with Crippen molar-refractivity contribution in [2.24, 2.45) is 5.92 Å². The van der Waals surface area contributed by atoms with E-state index < -0.39 is 17.5 Å². The fraction of sp³-hybridized carbons (Fsp3) is 0.400. The number of carbonyl (C=O) groups is 1. The first kappa shape index (κ1) is 19.2. The summed E-state index contributed by atoms with van der Waals surface area (Å²) in [6.07, 6.45) is 1.55. The molecule has 1 amide bonds. The molecular weight excluding hydrogens is 350 g/mol. The van der Waals surface area contributed by atoms with Crippen LogP contribution in [0.4, 0.5) is 20.3 Å². The first-order valence-electron chi connectivity index (χ1n) is 9.12. The third-order valence-corrected chi connectivity index (χ3v) is 4.50. The Labute approximate surface area is 158 Å². The Morgan fingerprint density at radius 3 is 2.48 bits per heavy atom. The zero-order chi connectivity index (χ0) is 19.4. The maximum absolute atomic E-state index is 13.7. The Kier molecular flexibility index (Phi) is 6.01. The monoisotopic (exact) mass is 374 g/mol. The summed E-state index contributed by atoms with van der Waals surface area (Å²) in [6, 6.07) is 6.45. The minimum absolute atomic E-state index is 0.207. The van der Waals surface area contributed by atoms with Crippen molar-refractivity contribution in [3.05, 3.63) is 53.7 Å². The Hall–Kier alpha value is -2.54. The van der Waals surface area contributed by atoms with E-state index in [0.29, 0.717) is 17.7 Å². The maximum atomic E-state index is 13.7. The number of piperazine rings is 1. The minimum atomic E-state index is -0.892. The molecule has 0 unspecified atom stereocenters. The van der Waals surface area contributed by atoms with Crippen LogP contribution in [0.3, 0.4) is 0 Å². The van der Waals surface area contributed by atoms with Crippen LogP contribution in [0.25, 0.3) is 0 Å². The molecule has 0 aliphatic carbocycles. The van der Waals surface area contributed by atoms with E-state index in [2.05, 4.69) is 33.9 Å². The van der Waals surface area contributed by atoms with Gasteiger partial charge in [0.15, 0.2) is 0 Å². The third kappa shape index (κ3) is 5.01. The number of halogens is 2. The van der Waals surface area contributed by atoms with E-state index in [9.17, 15) is 13.6 Å². The molecule has 0 spiro atoms. The molecule has 0 atom stereocenters. The number of pyridine rings is 1. The van der Waals surface area contributed by atoms with Crippen LogP contribution in [-0.4, -0.2) is 48.5 Å². The van der Waals surface area contributed by atoms with Gasteiger partial charge in [-0.05, 0) is 30.2 Å². The molecule has 0 bridgehead atoms. The summed E-state index contributed by atoms with van der Waals surface area (Å²) < 4.78 is 26.7. The number of rotatable bonds is 5. The maximum Gasteiger partial charge on any atom is 0.258 e. The second kappa shape index (κ2) is 8.43. The topological polar surface area (TPSA) is 48.5 Å². The van der Waals surface area contributed by atoms with Crippen LogP contribution in [0.15, 0.2) is 36.5 Å². The van der Waals surface area contributed by atoms with Crippen LogP contribution >= 0.6 is 0 Å². The molecule has 27 heavy (non-hydrogen) atoms. The number of hydrogen-bond donors (Lipinski definition) is 1. The summed E-state index contributed by atoms with van der Waals surface area (Å²) in [4.78, 5) is 21.2. The first-order valence-corrected chi connectivity index (χ1v) is 9.12. The highest BCUT2D eigenvalue weighted by Gasteiger charge is 2.19. The zero-order valence-corrected chi connectivity index (χ0v) is 15.6. The smallest absolute Gasteiger partial charge is 0.258 e. The van der Waals surface area contributed by atoms with Gasteiger partial charge >= 0.3 is 0 Å². The number of amides is 1. The molecule has 3 rings (SSSR count). The van der Waals surface area contributed by atoms with Crippen molar-refractivity contribution in [3.8, 4) is 0 Å². The lowest BCUT2D eigenvalue weighted by Gasteiger charge is -2.36. The highest BCUT2D eigenvalue weighted by atomic mass is 19.1. The van der Waals surface area contributed by atoms with E-state index in [1.165, 1.54) is 0 Å². The summed E-state index contributed by atoms with van der Waals surface area (Å²) in [6.45, 7) is 9.37. The Morgan fingerprint density at radius 1 is 1.15 bits per heavy atom. The average molecular weight is 374 g/mol. The van der Waals surface area contributed by atoms with Crippen molar-refractivity contribution in [1.82, 2.24) is 9.88 Å². The van der Waals surface area contributed by atoms with Crippen molar-refractivity contribution in [1.29, 1.82) is 0 Å². The molecule has 1 aromatic carbocycles. The van der Waals surface area contributed by atoms with Crippen molar-refractivity contribution >= 4 is 17.4 Å². The van der Waals surface area contributed by atoms with Gasteiger partial charge in [-0.3, -0.25) is 9.69 Å². The molecule has 0 saturated carbocycles. The molecule has 2 aromatic rings. The predicted octanol–water partition coefficient (Wildman–Crippen LogP) is 3.39. The summed E-state index contributed by atoms with van der Waals surface area (Å²) in [5.74, 6) is -0.738. The molecule has 1 saturated heterocycles. The normalized spacial score (nSPS) is 15.2. The van der Waals surface area contributed by atoms with Crippen LogP contribution in [-0.2, 0) is 0 Å². The molecule has 1 fully saturated rings. The number of benzene rings is 1. The molecule has 144 valence electrons. The van der Waals surface area contributed by atoms with Crippen LogP contribution in [0.5, 0.6) is 0 Å². The highest BCUT2D eigenvalue weighted by molar-refractivity contribution is 6.04. The van der Waals surface area contributed by atoms with Crippen LogP contribution in [0.2, 0.25) is 0 Å². The van der Waals surface area contributed by atoms with Crippen LogP contribution in [0.1, 0.15) is 24.2 Å². The molecular formula is C20H24F2N4O. The van der Waals surface area contributed by atoms with Crippen LogP contribution < -0.4 is 10.2 Å². The number of nitrogens with zero attached hydrogens (tertiary/aromatic N) is 3. The molecule has 0 radical (unpaired) electrons. The van der Waals surface area contributed by atoms with Gasteiger partial charge in [0.1, 0.15) is 17.5 Å². The van der Waals surface area contributed by atoms with E-state index in [0.717, 1.165) is 50.7 Å². The number of anilines is 2. The quantitative estimate of drug-likeness (QED) is 0.872. The van der Waals surface area contributed by atoms with Gasteiger partial charge in [0.2, 0.25) is 0 Å². The lowest BCUT2D eigenvalue weighted by molar-refractivity contribution is 0.102. The van der Waals surface area contributed by atoms with E-state index >= 15 is 0 Å². The van der Waals surface area contributed by atoms with E-state index in [1.54, 1.807) is 12.3 Å². The fourth-order valence-electron chi connectivity index (χ4n) is 3.20. The summed E-state index contributed by atoms with van der Waals surface area (Å²) in [5.41, 5.74) is 0.257. The number of carbonyl (C=O) groups excluding carboxylic acids is 1. The van der Waals surface area contributed by atoms with Crippen molar-refractivity contribution < 1.29 is 13.6 Å². The molecule has 7 heteroatoms.